The largest absolute Gasteiger partial charge is 0.481 e. The van der Waals surface area contributed by atoms with Gasteiger partial charge in [0.2, 0.25) is 0 Å². The lowest BCUT2D eigenvalue weighted by Gasteiger charge is -2.12. The molecule has 0 aromatic carbocycles. The zero-order chi connectivity index (χ0) is 12.6. The van der Waals surface area contributed by atoms with Crippen LogP contribution < -0.4 is 5.32 Å². The van der Waals surface area contributed by atoms with Crippen LogP contribution in [0.4, 0.5) is 0 Å². The minimum atomic E-state index is -1.19. The molecule has 7 nitrogen and oxygen atoms in total. The molecule has 0 fully saturated rings. The van der Waals surface area contributed by atoms with Gasteiger partial charge in [0, 0.05) is 6.42 Å². The van der Waals surface area contributed by atoms with E-state index in [-0.39, 0.29) is 26.0 Å². The summed E-state index contributed by atoms with van der Waals surface area (Å²) in [5.74, 6) is -2.83. The van der Waals surface area contributed by atoms with E-state index in [0.717, 1.165) is 0 Å². The number of carboxylic acid groups (broad SMARTS) is 2. The smallest absolute Gasteiger partial charge is 0.320 e. The minimum Gasteiger partial charge on any atom is -0.481 e. The molecule has 16 heavy (non-hydrogen) atoms. The fraction of sp³-hybridized carbons (Fsp3) is 0.667. The molecule has 0 rings (SSSR count). The third-order valence-electron chi connectivity index (χ3n) is 1.74. The van der Waals surface area contributed by atoms with Crippen molar-refractivity contribution in [3.8, 4) is 0 Å². The van der Waals surface area contributed by atoms with E-state index in [0.29, 0.717) is 0 Å². The number of carboxylic acids is 2. The number of esters is 1. The molecule has 0 aliphatic rings. The predicted molar refractivity (Wildman–Crippen MR) is 52.9 cm³/mol. The van der Waals surface area contributed by atoms with E-state index in [2.05, 4.69) is 10.1 Å². The number of carbonyl (C=O) groups excluding carboxylic acids is 1. The number of hydrogen-bond acceptors (Lipinski definition) is 5. The van der Waals surface area contributed by atoms with Crippen LogP contribution in [0.3, 0.4) is 0 Å². The first-order valence-electron chi connectivity index (χ1n) is 4.81. The number of ether oxygens (including phenoxy) is 1. The van der Waals surface area contributed by atoms with Crippen LogP contribution in [-0.4, -0.2) is 47.3 Å². The first-order valence-corrected chi connectivity index (χ1v) is 4.81. The molecule has 0 saturated carbocycles. The number of aliphatic carboxylic acids is 2. The Morgan fingerprint density at radius 3 is 2.38 bits per heavy atom. The van der Waals surface area contributed by atoms with E-state index in [9.17, 15) is 14.4 Å². The van der Waals surface area contributed by atoms with Crippen molar-refractivity contribution < 1.29 is 29.3 Å². The van der Waals surface area contributed by atoms with Gasteiger partial charge in [0.15, 0.2) is 0 Å². The monoisotopic (exact) mass is 233 g/mol. The Kier molecular flexibility index (Phi) is 6.86. The zero-order valence-corrected chi connectivity index (χ0v) is 8.93. The Labute approximate surface area is 92.4 Å². The molecule has 0 spiro atoms. The summed E-state index contributed by atoms with van der Waals surface area (Å²) in [6.45, 7) is 1.61. The second-order valence-electron chi connectivity index (χ2n) is 3.01. The summed E-state index contributed by atoms with van der Waals surface area (Å²) in [5.41, 5.74) is 0. The fourth-order valence-corrected chi connectivity index (χ4v) is 0.999. The third-order valence-corrected chi connectivity index (χ3v) is 1.74. The molecule has 1 unspecified atom stereocenters. The molecular weight excluding hydrogens is 218 g/mol. The van der Waals surface area contributed by atoms with E-state index in [1.807, 2.05) is 0 Å². The van der Waals surface area contributed by atoms with Gasteiger partial charge in [0.25, 0.3) is 0 Å². The molecule has 0 saturated heterocycles. The first-order chi connectivity index (χ1) is 7.47. The van der Waals surface area contributed by atoms with Crippen molar-refractivity contribution in [3.63, 3.8) is 0 Å². The van der Waals surface area contributed by atoms with Crippen LogP contribution in [0.25, 0.3) is 0 Å². The second-order valence-corrected chi connectivity index (χ2v) is 3.01. The standard InChI is InChI=1S/C9H15NO6/c1-2-16-8(13)5-10-6(9(14)15)3-4-7(11)12/h6,10H,2-5H2,1H3,(H,11,12)(H,14,15). The molecule has 0 radical (unpaired) electrons. The van der Waals surface area contributed by atoms with Crippen LogP contribution in [0.2, 0.25) is 0 Å². The van der Waals surface area contributed by atoms with Gasteiger partial charge in [-0.1, -0.05) is 0 Å². The van der Waals surface area contributed by atoms with E-state index in [1.165, 1.54) is 0 Å². The topological polar surface area (TPSA) is 113 Å². The lowest BCUT2D eigenvalue weighted by atomic mass is 10.1. The Balaban J connectivity index is 3.99. The van der Waals surface area contributed by atoms with Gasteiger partial charge in [0.05, 0.1) is 13.2 Å². The van der Waals surface area contributed by atoms with Crippen LogP contribution >= 0.6 is 0 Å². The molecule has 1 atom stereocenters. The van der Waals surface area contributed by atoms with Gasteiger partial charge in [-0.25, -0.2) is 0 Å². The summed E-state index contributed by atoms with van der Waals surface area (Å²) in [6.07, 6.45) is -0.350. The van der Waals surface area contributed by atoms with E-state index < -0.39 is 23.9 Å². The molecule has 7 heteroatoms. The molecule has 0 bridgehead atoms. The van der Waals surface area contributed by atoms with Crippen molar-refractivity contribution in [3.05, 3.63) is 0 Å². The Morgan fingerprint density at radius 2 is 1.94 bits per heavy atom. The van der Waals surface area contributed by atoms with Crippen LogP contribution in [-0.2, 0) is 19.1 Å². The van der Waals surface area contributed by atoms with Crippen LogP contribution in [0.5, 0.6) is 0 Å². The highest BCUT2D eigenvalue weighted by molar-refractivity contribution is 5.77. The number of carbonyl (C=O) groups is 3. The van der Waals surface area contributed by atoms with Crippen molar-refractivity contribution in [2.24, 2.45) is 0 Å². The second kappa shape index (κ2) is 7.63. The number of rotatable bonds is 8. The molecule has 0 amide bonds. The molecular formula is C9H15NO6. The molecule has 0 aromatic rings. The van der Waals surface area contributed by atoms with Gasteiger partial charge in [-0.15, -0.1) is 0 Å². The zero-order valence-electron chi connectivity index (χ0n) is 8.93. The number of nitrogens with one attached hydrogen (secondary N) is 1. The van der Waals surface area contributed by atoms with Crippen LogP contribution in [0.15, 0.2) is 0 Å². The summed E-state index contributed by atoms with van der Waals surface area (Å²) in [4.78, 5) is 31.8. The summed E-state index contributed by atoms with van der Waals surface area (Å²) >= 11 is 0. The lowest BCUT2D eigenvalue weighted by Crippen LogP contribution is -2.40. The van der Waals surface area contributed by atoms with Crippen molar-refractivity contribution >= 4 is 17.9 Å². The van der Waals surface area contributed by atoms with Gasteiger partial charge < -0.3 is 14.9 Å². The van der Waals surface area contributed by atoms with E-state index >= 15 is 0 Å². The van der Waals surface area contributed by atoms with E-state index in [4.69, 9.17) is 10.2 Å². The molecule has 0 aromatic heterocycles. The molecule has 0 heterocycles. The summed E-state index contributed by atoms with van der Waals surface area (Å²) in [5, 5.41) is 19.5. The Bertz CT molecular complexity index is 265. The Morgan fingerprint density at radius 1 is 1.31 bits per heavy atom. The summed E-state index contributed by atoms with van der Waals surface area (Å²) < 4.78 is 4.59. The van der Waals surface area contributed by atoms with Gasteiger partial charge in [-0.2, -0.15) is 0 Å². The van der Waals surface area contributed by atoms with Gasteiger partial charge in [-0.3, -0.25) is 19.7 Å². The molecule has 3 N–H and O–H groups in total. The minimum absolute atomic E-state index is 0.0793. The number of hydrogen-bond donors (Lipinski definition) is 3. The fourth-order valence-electron chi connectivity index (χ4n) is 0.999. The highest BCUT2D eigenvalue weighted by Crippen LogP contribution is 1.97. The van der Waals surface area contributed by atoms with Crippen LogP contribution in [0.1, 0.15) is 19.8 Å². The van der Waals surface area contributed by atoms with Crippen molar-refractivity contribution in [1.29, 1.82) is 0 Å². The van der Waals surface area contributed by atoms with Crippen LogP contribution in [0, 0.1) is 0 Å². The lowest BCUT2D eigenvalue weighted by molar-refractivity contribution is -0.143. The first kappa shape index (κ1) is 14.4. The van der Waals surface area contributed by atoms with Crippen molar-refractivity contribution in [1.82, 2.24) is 5.32 Å². The van der Waals surface area contributed by atoms with Crippen molar-refractivity contribution in [2.45, 2.75) is 25.8 Å². The molecule has 92 valence electrons. The summed E-state index contributed by atoms with van der Waals surface area (Å²) in [7, 11) is 0. The molecule has 0 aliphatic heterocycles. The van der Waals surface area contributed by atoms with Crippen molar-refractivity contribution in [2.75, 3.05) is 13.2 Å². The van der Waals surface area contributed by atoms with Gasteiger partial charge in [-0.05, 0) is 13.3 Å². The van der Waals surface area contributed by atoms with Gasteiger partial charge in [0.1, 0.15) is 6.04 Å². The normalized spacial score (nSPS) is 11.8. The van der Waals surface area contributed by atoms with E-state index in [1.54, 1.807) is 6.92 Å². The quantitative estimate of drug-likeness (QED) is 0.482. The average molecular weight is 233 g/mol. The maximum Gasteiger partial charge on any atom is 0.320 e. The third kappa shape index (κ3) is 6.77. The molecule has 0 aliphatic carbocycles. The highest BCUT2D eigenvalue weighted by atomic mass is 16.5. The average Bonchev–Trinajstić information content (AvgIpc) is 2.17. The van der Waals surface area contributed by atoms with Gasteiger partial charge >= 0.3 is 17.9 Å². The maximum absolute atomic E-state index is 10.9. The SMILES string of the molecule is CCOC(=O)CNC(CCC(=O)O)C(=O)O. The highest BCUT2D eigenvalue weighted by Gasteiger charge is 2.19. The predicted octanol–water partition coefficient (Wildman–Crippen LogP) is -0.543. The summed E-state index contributed by atoms with van der Waals surface area (Å²) in [6, 6.07) is -1.06. The maximum atomic E-state index is 10.9. The Hall–Kier alpha value is -1.63.